The lowest BCUT2D eigenvalue weighted by Gasteiger charge is -2.38. The average molecular weight is 334 g/mol. The van der Waals surface area contributed by atoms with Crippen molar-refractivity contribution in [1.29, 1.82) is 0 Å². The minimum Gasteiger partial charge on any atom is -0.325 e. The van der Waals surface area contributed by atoms with E-state index in [1.54, 1.807) is 0 Å². The summed E-state index contributed by atoms with van der Waals surface area (Å²) in [7, 11) is 0. The summed E-state index contributed by atoms with van der Waals surface area (Å²) >= 11 is 4.38. The number of thiol groups is 1. The first-order valence-electron chi connectivity index (χ1n) is 9.15. The van der Waals surface area contributed by atoms with E-state index in [1.165, 1.54) is 32.1 Å². The van der Waals surface area contributed by atoms with Crippen LogP contribution in [0.15, 0.2) is 24.3 Å². The molecular formula is C20H31NOS. The number of amides is 1. The summed E-state index contributed by atoms with van der Waals surface area (Å²) in [5.41, 5.74) is 1.86. The number of hydrogen-bond donors (Lipinski definition) is 2. The van der Waals surface area contributed by atoms with Crippen LogP contribution in [0.25, 0.3) is 0 Å². The predicted molar refractivity (Wildman–Crippen MR) is 102 cm³/mol. The third kappa shape index (κ3) is 4.53. The lowest BCUT2D eigenvalue weighted by atomic mass is 9.67. The van der Waals surface area contributed by atoms with Gasteiger partial charge in [0.1, 0.15) is 0 Å². The zero-order valence-corrected chi connectivity index (χ0v) is 15.5. The molecule has 0 radical (unpaired) electrons. The van der Waals surface area contributed by atoms with Crippen molar-refractivity contribution in [2.45, 2.75) is 71.0 Å². The van der Waals surface area contributed by atoms with Crippen molar-refractivity contribution in [2.75, 3.05) is 5.32 Å². The van der Waals surface area contributed by atoms with Gasteiger partial charge in [-0.3, -0.25) is 4.79 Å². The zero-order valence-electron chi connectivity index (χ0n) is 14.6. The highest BCUT2D eigenvalue weighted by molar-refractivity contribution is 7.79. The van der Waals surface area contributed by atoms with Crippen LogP contribution in [-0.4, -0.2) is 5.91 Å². The normalized spacial score (nSPS) is 17.2. The molecule has 0 saturated heterocycles. The Hall–Kier alpha value is -0.960. The maximum Gasteiger partial charge on any atom is 0.230 e. The van der Waals surface area contributed by atoms with Crippen molar-refractivity contribution in [1.82, 2.24) is 0 Å². The minimum absolute atomic E-state index is 0.168. The lowest BCUT2D eigenvalue weighted by molar-refractivity contribution is -0.128. The molecule has 1 aliphatic rings. The minimum atomic E-state index is -0.168. The van der Waals surface area contributed by atoms with Crippen LogP contribution in [0.3, 0.4) is 0 Å². The van der Waals surface area contributed by atoms with Gasteiger partial charge in [0.05, 0.1) is 0 Å². The van der Waals surface area contributed by atoms with Gasteiger partial charge in [-0.05, 0) is 36.8 Å². The Labute approximate surface area is 146 Å². The zero-order chi connectivity index (χ0) is 16.7. The Morgan fingerprint density at radius 2 is 1.83 bits per heavy atom. The highest BCUT2D eigenvalue weighted by Gasteiger charge is 2.40. The molecule has 1 amide bonds. The largest absolute Gasteiger partial charge is 0.325 e. The van der Waals surface area contributed by atoms with Gasteiger partial charge in [0.15, 0.2) is 0 Å². The summed E-state index contributed by atoms with van der Waals surface area (Å²) in [6.45, 7) is 4.50. The maximum atomic E-state index is 13.2. The second-order valence-corrected chi connectivity index (χ2v) is 7.31. The Balaban J connectivity index is 2.19. The molecular weight excluding hydrogens is 302 g/mol. The highest BCUT2D eigenvalue weighted by atomic mass is 32.1. The first-order chi connectivity index (χ1) is 11.1. The van der Waals surface area contributed by atoms with E-state index in [4.69, 9.17) is 0 Å². The number of carbonyl (C=O) groups excluding carboxylic acids is 1. The number of para-hydroxylation sites is 1. The molecule has 3 heteroatoms. The predicted octanol–water partition coefficient (Wildman–Crippen LogP) is 5.83. The van der Waals surface area contributed by atoms with Crippen LogP contribution < -0.4 is 5.32 Å². The van der Waals surface area contributed by atoms with E-state index in [-0.39, 0.29) is 11.3 Å². The van der Waals surface area contributed by atoms with Gasteiger partial charge >= 0.3 is 0 Å². The van der Waals surface area contributed by atoms with Gasteiger partial charge in [0.2, 0.25) is 5.91 Å². The van der Waals surface area contributed by atoms with E-state index >= 15 is 0 Å². The number of hydrogen-bond acceptors (Lipinski definition) is 2. The van der Waals surface area contributed by atoms with Gasteiger partial charge in [0.25, 0.3) is 0 Å². The number of benzene rings is 1. The molecule has 1 aromatic rings. The molecule has 0 spiro atoms. The maximum absolute atomic E-state index is 13.2. The summed E-state index contributed by atoms with van der Waals surface area (Å²) in [6, 6.07) is 8.02. The third-order valence-corrected chi connectivity index (χ3v) is 5.90. The van der Waals surface area contributed by atoms with E-state index in [9.17, 15) is 4.79 Å². The van der Waals surface area contributed by atoms with Crippen molar-refractivity contribution < 1.29 is 4.79 Å². The SMILES string of the molecule is CCC(CC)CC1(C(=O)Nc2ccccc2CS)CCCCC1. The monoisotopic (exact) mass is 333 g/mol. The van der Waals surface area contributed by atoms with E-state index < -0.39 is 0 Å². The van der Waals surface area contributed by atoms with Crippen molar-refractivity contribution in [3.8, 4) is 0 Å². The van der Waals surface area contributed by atoms with Crippen LogP contribution >= 0.6 is 12.6 Å². The van der Waals surface area contributed by atoms with E-state index in [1.807, 2.05) is 24.3 Å². The second-order valence-electron chi connectivity index (χ2n) is 7.00. The standard InChI is InChI=1S/C20H31NOS/c1-3-16(4-2)14-20(12-8-5-9-13-20)19(22)21-18-11-7-6-10-17(18)15-23/h6-7,10-11,16,23H,3-5,8-9,12-15H2,1-2H3,(H,21,22). The van der Waals surface area contributed by atoms with Crippen molar-refractivity contribution in [3.63, 3.8) is 0 Å². The molecule has 1 aliphatic carbocycles. The van der Waals surface area contributed by atoms with E-state index in [2.05, 4.69) is 31.8 Å². The average Bonchev–Trinajstić information content (AvgIpc) is 2.61. The molecule has 0 aliphatic heterocycles. The molecule has 0 bridgehead atoms. The summed E-state index contributed by atoms with van der Waals surface area (Å²) in [5, 5.41) is 3.24. The molecule has 2 nitrogen and oxygen atoms in total. The lowest BCUT2D eigenvalue weighted by Crippen LogP contribution is -2.39. The molecule has 2 rings (SSSR count). The van der Waals surface area contributed by atoms with Gasteiger partial charge in [-0.25, -0.2) is 0 Å². The molecule has 0 atom stereocenters. The molecule has 128 valence electrons. The molecule has 1 fully saturated rings. The fourth-order valence-corrected chi connectivity index (χ4v) is 4.19. The van der Waals surface area contributed by atoms with Gasteiger partial charge in [-0.1, -0.05) is 64.2 Å². The van der Waals surface area contributed by atoms with Crippen LogP contribution in [0.1, 0.15) is 70.8 Å². The first-order valence-corrected chi connectivity index (χ1v) is 9.78. The molecule has 0 aromatic heterocycles. The molecule has 1 N–H and O–H groups in total. The van der Waals surface area contributed by atoms with E-state index in [0.717, 1.165) is 30.5 Å². The highest BCUT2D eigenvalue weighted by Crippen LogP contribution is 2.43. The molecule has 1 saturated carbocycles. The van der Waals surface area contributed by atoms with Gasteiger partial charge in [-0.15, -0.1) is 0 Å². The fraction of sp³-hybridized carbons (Fsp3) is 0.650. The Kier molecular flexibility index (Phi) is 7.01. The number of rotatable bonds is 7. The number of anilines is 1. The van der Waals surface area contributed by atoms with Crippen LogP contribution in [0.2, 0.25) is 0 Å². The van der Waals surface area contributed by atoms with Crippen molar-refractivity contribution in [3.05, 3.63) is 29.8 Å². The fourth-order valence-electron chi connectivity index (χ4n) is 3.92. The van der Waals surface area contributed by atoms with Crippen LogP contribution in [-0.2, 0) is 10.5 Å². The van der Waals surface area contributed by atoms with Gasteiger partial charge in [-0.2, -0.15) is 12.6 Å². The topological polar surface area (TPSA) is 29.1 Å². The van der Waals surface area contributed by atoms with Crippen LogP contribution in [0.5, 0.6) is 0 Å². The van der Waals surface area contributed by atoms with Gasteiger partial charge < -0.3 is 5.32 Å². The smallest absolute Gasteiger partial charge is 0.230 e. The summed E-state index contributed by atoms with van der Waals surface area (Å²) in [5.74, 6) is 1.54. The quantitative estimate of drug-likeness (QED) is 0.604. The second kappa shape index (κ2) is 8.77. The van der Waals surface area contributed by atoms with Crippen LogP contribution in [0.4, 0.5) is 5.69 Å². The van der Waals surface area contributed by atoms with Crippen molar-refractivity contribution in [2.24, 2.45) is 11.3 Å². The van der Waals surface area contributed by atoms with E-state index in [0.29, 0.717) is 11.7 Å². The van der Waals surface area contributed by atoms with Crippen LogP contribution in [0, 0.1) is 11.3 Å². The Bertz CT molecular complexity index is 504. The summed E-state index contributed by atoms with van der Waals surface area (Å²) in [4.78, 5) is 13.2. The third-order valence-electron chi connectivity index (χ3n) is 5.56. The summed E-state index contributed by atoms with van der Waals surface area (Å²) < 4.78 is 0. The van der Waals surface area contributed by atoms with Crippen molar-refractivity contribution >= 4 is 24.2 Å². The summed E-state index contributed by atoms with van der Waals surface area (Å²) in [6.07, 6.45) is 9.08. The number of nitrogens with one attached hydrogen (secondary N) is 1. The first kappa shape index (κ1) is 18.4. The molecule has 0 heterocycles. The Morgan fingerprint density at radius 1 is 1.17 bits per heavy atom. The van der Waals surface area contributed by atoms with Gasteiger partial charge in [0, 0.05) is 16.9 Å². The number of carbonyl (C=O) groups is 1. The molecule has 0 unspecified atom stereocenters. The molecule has 23 heavy (non-hydrogen) atoms. The Morgan fingerprint density at radius 3 is 2.43 bits per heavy atom. The molecule has 1 aromatic carbocycles.